The summed E-state index contributed by atoms with van der Waals surface area (Å²) in [6, 6.07) is 6.21. The van der Waals surface area contributed by atoms with E-state index in [2.05, 4.69) is 28.9 Å². The van der Waals surface area contributed by atoms with Crippen LogP contribution in [0, 0.1) is 18.8 Å². The van der Waals surface area contributed by atoms with Crippen LogP contribution in [-0.2, 0) is 9.53 Å². The summed E-state index contributed by atoms with van der Waals surface area (Å²) in [6.07, 6.45) is 7.65. The second-order valence-corrected chi connectivity index (χ2v) is 9.47. The number of hydrogen-bond acceptors (Lipinski definition) is 4. The van der Waals surface area contributed by atoms with Crippen molar-refractivity contribution < 1.29 is 9.53 Å². The molecule has 1 amide bonds. The summed E-state index contributed by atoms with van der Waals surface area (Å²) in [5.41, 5.74) is 7.78. The molecule has 2 fully saturated rings. The van der Waals surface area contributed by atoms with Gasteiger partial charge in [-0.3, -0.25) is 9.69 Å². The summed E-state index contributed by atoms with van der Waals surface area (Å²) in [5.74, 6) is 1.18. The van der Waals surface area contributed by atoms with Gasteiger partial charge in [0.2, 0.25) is 5.91 Å². The van der Waals surface area contributed by atoms with Gasteiger partial charge in [-0.25, -0.2) is 0 Å². The zero-order valence-corrected chi connectivity index (χ0v) is 19.4. The molecule has 3 rings (SSSR count). The number of nitrogens with two attached hydrogens (primary N) is 1. The van der Waals surface area contributed by atoms with Crippen LogP contribution in [0.2, 0.25) is 5.02 Å². The van der Waals surface area contributed by atoms with Gasteiger partial charge >= 0.3 is 0 Å². The molecule has 1 aliphatic carbocycles. The molecule has 1 aliphatic heterocycles. The number of hydrogen-bond donors (Lipinski definition) is 1. The van der Waals surface area contributed by atoms with Gasteiger partial charge in [0.1, 0.15) is 0 Å². The molecule has 2 N–H and O–H groups in total. The van der Waals surface area contributed by atoms with Crippen molar-refractivity contribution in [2.45, 2.75) is 58.0 Å². The first-order chi connectivity index (χ1) is 14.5. The fourth-order valence-corrected chi connectivity index (χ4v) is 5.36. The van der Waals surface area contributed by atoms with Gasteiger partial charge in [0.05, 0.1) is 6.10 Å². The summed E-state index contributed by atoms with van der Waals surface area (Å²) in [6.45, 7) is 7.71. The Morgan fingerprint density at radius 3 is 2.53 bits per heavy atom. The molecule has 0 radical (unpaired) electrons. The van der Waals surface area contributed by atoms with Crippen LogP contribution in [0.25, 0.3) is 0 Å². The van der Waals surface area contributed by atoms with Crippen molar-refractivity contribution in [3.8, 4) is 0 Å². The van der Waals surface area contributed by atoms with Gasteiger partial charge < -0.3 is 15.4 Å². The maximum atomic E-state index is 11.1. The van der Waals surface area contributed by atoms with Gasteiger partial charge in [-0.2, -0.15) is 0 Å². The van der Waals surface area contributed by atoms with Crippen LogP contribution < -0.4 is 10.6 Å². The highest BCUT2D eigenvalue weighted by molar-refractivity contribution is 6.31. The number of primary amides is 1. The molecule has 0 bridgehead atoms. The van der Waals surface area contributed by atoms with Crippen molar-refractivity contribution in [3.05, 3.63) is 28.8 Å². The third-order valence-electron chi connectivity index (χ3n) is 7.20. The Labute approximate surface area is 186 Å². The van der Waals surface area contributed by atoms with E-state index in [1.165, 1.54) is 49.9 Å². The largest absolute Gasteiger partial charge is 0.381 e. The number of ether oxygens (including phenoxy) is 1. The summed E-state index contributed by atoms with van der Waals surface area (Å²) < 4.78 is 5.66. The van der Waals surface area contributed by atoms with E-state index in [0.29, 0.717) is 12.3 Å². The summed E-state index contributed by atoms with van der Waals surface area (Å²) in [5, 5.41) is 0.857. The number of benzene rings is 1. The maximum Gasteiger partial charge on any atom is 0.217 e. The molecular formula is C24H38ClN3O2. The Morgan fingerprint density at radius 2 is 1.90 bits per heavy atom. The summed E-state index contributed by atoms with van der Waals surface area (Å²) in [4.78, 5) is 16.2. The van der Waals surface area contributed by atoms with Crippen molar-refractivity contribution in [1.82, 2.24) is 4.90 Å². The first kappa shape index (κ1) is 23.4. The molecule has 1 saturated heterocycles. The number of nitrogens with zero attached hydrogens (tertiary/aromatic N) is 2. The summed E-state index contributed by atoms with van der Waals surface area (Å²) in [7, 11) is 1.77. The van der Waals surface area contributed by atoms with Crippen LogP contribution in [0.3, 0.4) is 0 Å². The molecule has 1 heterocycles. The Morgan fingerprint density at radius 1 is 1.20 bits per heavy atom. The van der Waals surface area contributed by atoms with Crippen LogP contribution in [-0.4, -0.2) is 56.7 Å². The third-order valence-corrected chi connectivity index (χ3v) is 7.61. The molecule has 168 valence electrons. The van der Waals surface area contributed by atoms with Gasteiger partial charge in [0.25, 0.3) is 0 Å². The van der Waals surface area contributed by atoms with Crippen molar-refractivity contribution in [3.63, 3.8) is 0 Å². The molecule has 0 spiro atoms. The predicted molar refractivity (Wildman–Crippen MR) is 124 cm³/mol. The highest BCUT2D eigenvalue weighted by Crippen LogP contribution is 2.35. The van der Waals surface area contributed by atoms with Crippen LogP contribution in [0.1, 0.15) is 50.5 Å². The van der Waals surface area contributed by atoms with Crippen molar-refractivity contribution >= 4 is 23.2 Å². The average molecular weight is 436 g/mol. The standard InChI is InChI=1S/C24H38ClN3O2/c1-18-21(25)4-3-5-22(18)28-16-14-27(15-17-28)13-12-19-6-8-20(9-7-19)23(30-2)10-11-24(26)29/h3-5,19-20,23H,6-17H2,1-2H3,(H2,26,29). The van der Waals surface area contributed by atoms with E-state index in [-0.39, 0.29) is 12.0 Å². The van der Waals surface area contributed by atoms with E-state index in [4.69, 9.17) is 22.1 Å². The molecule has 1 aromatic carbocycles. The number of rotatable bonds is 9. The molecule has 30 heavy (non-hydrogen) atoms. The second kappa shape index (κ2) is 11.4. The Balaban J connectivity index is 1.36. The Bertz CT molecular complexity index is 683. The quantitative estimate of drug-likeness (QED) is 0.630. The van der Waals surface area contributed by atoms with E-state index in [0.717, 1.165) is 43.5 Å². The van der Waals surface area contributed by atoms with Crippen LogP contribution in [0.5, 0.6) is 0 Å². The predicted octanol–water partition coefficient (Wildman–Crippen LogP) is 4.25. The lowest BCUT2D eigenvalue weighted by molar-refractivity contribution is -0.119. The lowest BCUT2D eigenvalue weighted by atomic mass is 9.77. The monoisotopic (exact) mass is 435 g/mol. The molecular weight excluding hydrogens is 398 g/mol. The van der Waals surface area contributed by atoms with Crippen molar-refractivity contribution in [2.24, 2.45) is 17.6 Å². The van der Waals surface area contributed by atoms with Gasteiger partial charge in [0.15, 0.2) is 0 Å². The molecule has 1 aromatic rings. The van der Waals surface area contributed by atoms with E-state index in [1.54, 1.807) is 7.11 Å². The lowest BCUT2D eigenvalue weighted by Gasteiger charge is -2.38. The van der Waals surface area contributed by atoms with Gasteiger partial charge in [-0.15, -0.1) is 0 Å². The zero-order chi connectivity index (χ0) is 21.5. The van der Waals surface area contributed by atoms with Crippen molar-refractivity contribution in [1.29, 1.82) is 0 Å². The molecule has 1 saturated carbocycles. The van der Waals surface area contributed by atoms with Gasteiger partial charge in [0, 0.05) is 50.4 Å². The Kier molecular flexibility index (Phi) is 8.84. The van der Waals surface area contributed by atoms with E-state index in [1.807, 2.05) is 6.07 Å². The molecule has 5 nitrogen and oxygen atoms in total. The molecule has 0 aromatic heterocycles. The molecule has 1 unspecified atom stereocenters. The smallest absolute Gasteiger partial charge is 0.217 e. The summed E-state index contributed by atoms with van der Waals surface area (Å²) >= 11 is 6.30. The molecule has 6 heteroatoms. The number of amides is 1. The van der Waals surface area contributed by atoms with E-state index in [9.17, 15) is 4.79 Å². The lowest BCUT2D eigenvalue weighted by Crippen LogP contribution is -2.47. The molecule has 2 aliphatic rings. The molecule has 1 atom stereocenters. The van der Waals surface area contributed by atoms with E-state index < -0.39 is 0 Å². The normalized spacial score (nSPS) is 24.0. The highest BCUT2D eigenvalue weighted by atomic mass is 35.5. The Hall–Kier alpha value is -1.30. The number of methoxy groups -OCH3 is 1. The minimum absolute atomic E-state index is 0.182. The number of piperazine rings is 1. The minimum Gasteiger partial charge on any atom is -0.381 e. The average Bonchev–Trinajstić information content (AvgIpc) is 2.76. The van der Waals surface area contributed by atoms with Gasteiger partial charge in [-0.1, -0.05) is 30.5 Å². The number of anilines is 1. The van der Waals surface area contributed by atoms with Crippen molar-refractivity contribution in [2.75, 3.05) is 44.7 Å². The number of halogens is 1. The third kappa shape index (κ3) is 6.35. The van der Waals surface area contributed by atoms with E-state index >= 15 is 0 Å². The first-order valence-corrected chi connectivity index (χ1v) is 11.9. The van der Waals surface area contributed by atoms with Crippen LogP contribution in [0.15, 0.2) is 18.2 Å². The minimum atomic E-state index is -0.226. The topological polar surface area (TPSA) is 58.8 Å². The number of carbonyl (C=O) groups excluding carboxylic acids is 1. The van der Waals surface area contributed by atoms with Crippen LogP contribution >= 0.6 is 11.6 Å². The first-order valence-electron chi connectivity index (χ1n) is 11.5. The zero-order valence-electron chi connectivity index (χ0n) is 18.6. The number of carbonyl (C=O) groups is 1. The highest BCUT2D eigenvalue weighted by Gasteiger charge is 2.28. The maximum absolute atomic E-state index is 11.1. The van der Waals surface area contributed by atoms with Gasteiger partial charge in [-0.05, 0) is 68.7 Å². The van der Waals surface area contributed by atoms with Crippen LogP contribution in [0.4, 0.5) is 5.69 Å². The second-order valence-electron chi connectivity index (χ2n) is 9.06. The fraction of sp³-hybridized carbons (Fsp3) is 0.708. The SMILES string of the molecule is COC(CCC(N)=O)C1CCC(CCN2CCN(c3cccc(Cl)c3C)CC2)CC1. The fourth-order valence-electron chi connectivity index (χ4n) is 5.20.